The van der Waals surface area contributed by atoms with Crippen molar-refractivity contribution in [2.45, 2.75) is 13.0 Å². The quantitative estimate of drug-likeness (QED) is 0.794. The highest BCUT2D eigenvalue weighted by atomic mass is 16.5. The third kappa shape index (κ3) is 2.68. The van der Waals surface area contributed by atoms with Crippen LogP contribution in [0, 0.1) is 0 Å². The van der Waals surface area contributed by atoms with E-state index in [1.807, 2.05) is 31.2 Å². The standard InChI is InChI=1S/C16H16N4O/c1-2-21-12-8-11(9-18-10-12)15(17)13-4-3-5-14-16(13)20-7-6-19-14/h3-10,15H,2,17H2,1H3. The second kappa shape index (κ2) is 5.85. The van der Waals surface area contributed by atoms with Crippen molar-refractivity contribution in [2.24, 2.45) is 5.73 Å². The van der Waals surface area contributed by atoms with Crippen molar-refractivity contribution in [1.82, 2.24) is 15.0 Å². The minimum Gasteiger partial charge on any atom is -0.492 e. The van der Waals surface area contributed by atoms with E-state index in [9.17, 15) is 0 Å². The Labute approximate surface area is 122 Å². The Bertz CT molecular complexity index is 755. The van der Waals surface area contributed by atoms with E-state index in [1.54, 1.807) is 24.8 Å². The van der Waals surface area contributed by atoms with Crippen LogP contribution in [0.3, 0.4) is 0 Å². The van der Waals surface area contributed by atoms with Crippen LogP contribution in [-0.4, -0.2) is 21.6 Å². The number of rotatable bonds is 4. The van der Waals surface area contributed by atoms with Crippen LogP contribution in [0.2, 0.25) is 0 Å². The van der Waals surface area contributed by atoms with Crippen LogP contribution in [0.4, 0.5) is 0 Å². The van der Waals surface area contributed by atoms with Crippen molar-refractivity contribution in [1.29, 1.82) is 0 Å². The average Bonchev–Trinajstić information content (AvgIpc) is 2.54. The Morgan fingerprint density at radius 3 is 2.90 bits per heavy atom. The lowest BCUT2D eigenvalue weighted by Gasteiger charge is -2.14. The predicted octanol–water partition coefficient (Wildman–Crippen LogP) is 2.47. The molecule has 3 aromatic rings. The number of para-hydroxylation sites is 1. The molecule has 3 rings (SSSR count). The minimum atomic E-state index is -0.321. The molecule has 0 spiro atoms. The lowest BCUT2D eigenvalue weighted by molar-refractivity contribution is 0.338. The first-order valence-electron chi connectivity index (χ1n) is 6.82. The van der Waals surface area contributed by atoms with E-state index < -0.39 is 0 Å². The molecule has 5 heteroatoms. The maximum atomic E-state index is 6.38. The van der Waals surface area contributed by atoms with Gasteiger partial charge in [0.2, 0.25) is 0 Å². The van der Waals surface area contributed by atoms with Crippen molar-refractivity contribution >= 4 is 11.0 Å². The summed E-state index contributed by atoms with van der Waals surface area (Å²) < 4.78 is 5.47. The SMILES string of the molecule is CCOc1cncc(C(N)c2cccc3nccnc23)c1. The number of ether oxygens (including phenoxy) is 1. The van der Waals surface area contributed by atoms with Gasteiger partial charge in [-0.2, -0.15) is 0 Å². The van der Waals surface area contributed by atoms with Crippen molar-refractivity contribution in [3.63, 3.8) is 0 Å². The summed E-state index contributed by atoms with van der Waals surface area (Å²) in [5, 5.41) is 0. The Kier molecular flexibility index (Phi) is 3.75. The fourth-order valence-electron chi connectivity index (χ4n) is 2.30. The summed E-state index contributed by atoms with van der Waals surface area (Å²) in [6.45, 7) is 2.53. The summed E-state index contributed by atoms with van der Waals surface area (Å²) in [6, 6.07) is 7.42. The normalized spacial score (nSPS) is 12.3. The molecule has 0 aliphatic rings. The first kappa shape index (κ1) is 13.5. The highest BCUT2D eigenvalue weighted by Gasteiger charge is 2.14. The van der Waals surface area contributed by atoms with Gasteiger partial charge in [-0.1, -0.05) is 12.1 Å². The molecule has 106 valence electrons. The average molecular weight is 280 g/mol. The van der Waals surface area contributed by atoms with E-state index in [1.165, 1.54) is 0 Å². The van der Waals surface area contributed by atoms with Gasteiger partial charge >= 0.3 is 0 Å². The molecule has 0 radical (unpaired) electrons. The molecule has 2 N–H and O–H groups in total. The summed E-state index contributed by atoms with van der Waals surface area (Å²) in [5.74, 6) is 0.719. The van der Waals surface area contributed by atoms with Crippen LogP contribution in [0.1, 0.15) is 24.1 Å². The second-order valence-electron chi connectivity index (χ2n) is 4.64. The van der Waals surface area contributed by atoms with Gasteiger partial charge in [-0.3, -0.25) is 15.0 Å². The molecule has 1 unspecified atom stereocenters. The summed E-state index contributed by atoms with van der Waals surface area (Å²) >= 11 is 0. The molecule has 0 saturated heterocycles. The van der Waals surface area contributed by atoms with Crippen molar-refractivity contribution in [3.8, 4) is 5.75 Å². The van der Waals surface area contributed by atoms with Gasteiger partial charge in [0.05, 0.1) is 29.9 Å². The molecule has 0 aliphatic heterocycles. The molecule has 0 saturated carbocycles. The van der Waals surface area contributed by atoms with E-state index in [2.05, 4.69) is 15.0 Å². The molecular weight excluding hydrogens is 264 g/mol. The van der Waals surface area contributed by atoms with Crippen LogP contribution in [-0.2, 0) is 0 Å². The number of benzene rings is 1. The lowest BCUT2D eigenvalue weighted by Crippen LogP contribution is -2.13. The van der Waals surface area contributed by atoms with Crippen molar-refractivity contribution in [2.75, 3.05) is 6.61 Å². The molecule has 0 bridgehead atoms. The number of fused-ring (bicyclic) bond motifs is 1. The molecule has 1 atom stereocenters. The van der Waals surface area contributed by atoms with Crippen LogP contribution in [0.15, 0.2) is 49.1 Å². The van der Waals surface area contributed by atoms with Gasteiger partial charge in [-0.25, -0.2) is 0 Å². The second-order valence-corrected chi connectivity index (χ2v) is 4.64. The molecule has 2 aromatic heterocycles. The largest absolute Gasteiger partial charge is 0.492 e. The Morgan fingerprint density at radius 2 is 2.05 bits per heavy atom. The van der Waals surface area contributed by atoms with Crippen LogP contribution in [0.5, 0.6) is 5.75 Å². The Morgan fingerprint density at radius 1 is 1.19 bits per heavy atom. The molecule has 0 fully saturated rings. The van der Waals surface area contributed by atoms with E-state index in [0.29, 0.717) is 6.61 Å². The summed E-state index contributed by atoms with van der Waals surface area (Å²) in [5.41, 5.74) is 9.85. The number of nitrogens with zero attached hydrogens (tertiary/aromatic N) is 3. The number of hydrogen-bond donors (Lipinski definition) is 1. The molecule has 2 heterocycles. The van der Waals surface area contributed by atoms with Crippen molar-refractivity contribution < 1.29 is 4.74 Å². The fourth-order valence-corrected chi connectivity index (χ4v) is 2.30. The molecule has 21 heavy (non-hydrogen) atoms. The number of nitrogens with two attached hydrogens (primary N) is 1. The predicted molar refractivity (Wildman–Crippen MR) is 81.0 cm³/mol. The summed E-state index contributed by atoms with van der Waals surface area (Å²) in [7, 11) is 0. The van der Waals surface area contributed by atoms with Crippen LogP contribution >= 0.6 is 0 Å². The van der Waals surface area contributed by atoms with Gasteiger partial charge in [0, 0.05) is 24.2 Å². The summed E-state index contributed by atoms with van der Waals surface area (Å²) in [6.07, 6.45) is 6.79. The van der Waals surface area contributed by atoms with Crippen LogP contribution in [0.25, 0.3) is 11.0 Å². The minimum absolute atomic E-state index is 0.321. The topological polar surface area (TPSA) is 73.9 Å². The molecule has 1 aromatic carbocycles. The smallest absolute Gasteiger partial charge is 0.137 e. The number of pyridine rings is 1. The monoisotopic (exact) mass is 280 g/mol. The van der Waals surface area contributed by atoms with Crippen molar-refractivity contribution in [3.05, 3.63) is 60.2 Å². The lowest BCUT2D eigenvalue weighted by atomic mass is 9.99. The van der Waals surface area contributed by atoms with E-state index in [-0.39, 0.29) is 6.04 Å². The van der Waals surface area contributed by atoms with Gasteiger partial charge in [0.15, 0.2) is 0 Å². The third-order valence-electron chi connectivity index (χ3n) is 3.27. The van der Waals surface area contributed by atoms with E-state index in [0.717, 1.165) is 27.9 Å². The molecular formula is C16H16N4O. The molecule has 0 aliphatic carbocycles. The third-order valence-corrected chi connectivity index (χ3v) is 3.27. The first-order valence-corrected chi connectivity index (χ1v) is 6.82. The number of aromatic nitrogens is 3. The Hall–Kier alpha value is -2.53. The fraction of sp³-hybridized carbons (Fsp3) is 0.188. The zero-order valence-electron chi connectivity index (χ0n) is 11.7. The summed E-state index contributed by atoms with van der Waals surface area (Å²) in [4.78, 5) is 12.9. The highest BCUT2D eigenvalue weighted by Crippen LogP contribution is 2.26. The van der Waals surface area contributed by atoms with Gasteiger partial charge in [-0.05, 0) is 24.6 Å². The molecule has 0 amide bonds. The zero-order valence-corrected chi connectivity index (χ0v) is 11.7. The first-order chi connectivity index (χ1) is 10.3. The molecule has 5 nitrogen and oxygen atoms in total. The highest BCUT2D eigenvalue weighted by molar-refractivity contribution is 5.78. The van der Waals surface area contributed by atoms with Gasteiger partial charge in [0.1, 0.15) is 5.75 Å². The zero-order chi connectivity index (χ0) is 14.7. The van der Waals surface area contributed by atoms with E-state index in [4.69, 9.17) is 10.5 Å². The maximum absolute atomic E-state index is 6.38. The Balaban J connectivity index is 2.04. The number of hydrogen-bond acceptors (Lipinski definition) is 5. The van der Waals surface area contributed by atoms with Gasteiger partial charge in [0.25, 0.3) is 0 Å². The van der Waals surface area contributed by atoms with Gasteiger partial charge in [-0.15, -0.1) is 0 Å². The van der Waals surface area contributed by atoms with Gasteiger partial charge < -0.3 is 10.5 Å². The van der Waals surface area contributed by atoms with Crippen LogP contribution < -0.4 is 10.5 Å². The van der Waals surface area contributed by atoms with E-state index >= 15 is 0 Å². The maximum Gasteiger partial charge on any atom is 0.137 e.